The Kier molecular flexibility index (Phi) is 6.93. The fourth-order valence-electron chi connectivity index (χ4n) is 2.05. The van der Waals surface area contributed by atoms with Gasteiger partial charge in [0.15, 0.2) is 11.5 Å². The van der Waals surface area contributed by atoms with Crippen molar-refractivity contribution in [2.75, 3.05) is 18.5 Å². The third-order valence-corrected chi connectivity index (χ3v) is 4.11. The van der Waals surface area contributed by atoms with Crippen LogP contribution in [0.4, 0.5) is 5.69 Å². The van der Waals surface area contributed by atoms with Crippen molar-refractivity contribution in [1.82, 2.24) is 0 Å². The van der Waals surface area contributed by atoms with Gasteiger partial charge in [0.05, 0.1) is 21.7 Å². The number of rotatable bonds is 7. The molecule has 0 atom stereocenters. The molecule has 0 fully saturated rings. The van der Waals surface area contributed by atoms with Crippen molar-refractivity contribution in [2.45, 2.75) is 13.5 Å². The molecule has 0 aliphatic carbocycles. The van der Waals surface area contributed by atoms with Gasteiger partial charge in [-0.25, -0.2) is 0 Å². The predicted molar refractivity (Wildman–Crippen MR) is 101 cm³/mol. The number of hydrogen-bond donors (Lipinski definition) is 1. The van der Waals surface area contributed by atoms with Gasteiger partial charge in [-0.1, -0.05) is 40.7 Å². The molecule has 3 nitrogen and oxygen atoms in total. The van der Waals surface area contributed by atoms with Gasteiger partial charge in [-0.2, -0.15) is 0 Å². The molecule has 24 heavy (non-hydrogen) atoms. The van der Waals surface area contributed by atoms with Crippen LogP contribution in [0.15, 0.2) is 30.3 Å². The van der Waals surface area contributed by atoms with E-state index in [0.29, 0.717) is 39.7 Å². The molecule has 0 amide bonds. The second-order valence-corrected chi connectivity index (χ2v) is 6.03. The summed E-state index contributed by atoms with van der Waals surface area (Å²) >= 11 is 18.2. The van der Waals surface area contributed by atoms with Crippen LogP contribution in [0, 0.1) is 12.3 Å². The van der Waals surface area contributed by atoms with Crippen molar-refractivity contribution in [3.63, 3.8) is 0 Å². The summed E-state index contributed by atoms with van der Waals surface area (Å²) in [6.07, 6.45) is 5.23. The fourth-order valence-corrected chi connectivity index (χ4v) is 2.64. The summed E-state index contributed by atoms with van der Waals surface area (Å²) in [4.78, 5) is 0. The number of benzene rings is 2. The molecule has 0 spiro atoms. The lowest BCUT2D eigenvalue weighted by molar-refractivity contribution is 0.299. The Hall–Kier alpha value is -1.73. The first kappa shape index (κ1) is 18.6. The van der Waals surface area contributed by atoms with Gasteiger partial charge in [0.2, 0.25) is 0 Å². The number of ether oxygens (including phenoxy) is 2. The first-order valence-corrected chi connectivity index (χ1v) is 8.39. The van der Waals surface area contributed by atoms with Crippen LogP contribution in [0.1, 0.15) is 12.5 Å². The molecule has 0 saturated carbocycles. The summed E-state index contributed by atoms with van der Waals surface area (Å²) in [5.74, 6) is 3.43. The Morgan fingerprint density at radius 2 is 1.83 bits per heavy atom. The lowest BCUT2D eigenvalue weighted by Gasteiger charge is -2.15. The van der Waals surface area contributed by atoms with E-state index in [-0.39, 0.29) is 6.61 Å². The van der Waals surface area contributed by atoms with E-state index in [1.165, 1.54) is 0 Å². The van der Waals surface area contributed by atoms with Crippen molar-refractivity contribution in [3.8, 4) is 23.8 Å². The summed E-state index contributed by atoms with van der Waals surface area (Å²) in [5, 5.41) is 4.71. The molecule has 0 unspecified atom stereocenters. The molecule has 2 rings (SSSR count). The van der Waals surface area contributed by atoms with Crippen LogP contribution in [0.3, 0.4) is 0 Å². The van der Waals surface area contributed by atoms with Crippen LogP contribution in [-0.4, -0.2) is 13.2 Å². The first-order valence-electron chi connectivity index (χ1n) is 7.25. The Morgan fingerprint density at radius 1 is 1.04 bits per heavy atom. The molecule has 1 N–H and O–H groups in total. The van der Waals surface area contributed by atoms with E-state index in [4.69, 9.17) is 50.7 Å². The van der Waals surface area contributed by atoms with Crippen LogP contribution < -0.4 is 14.8 Å². The lowest BCUT2D eigenvalue weighted by atomic mass is 10.2. The predicted octanol–water partition coefficient (Wildman–Crippen LogP) is 5.67. The molecule has 0 aliphatic rings. The first-order chi connectivity index (χ1) is 11.5. The molecule has 0 heterocycles. The molecule has 6 heteroatoms. The topological polar surface area (TPSA) is 30.5 Å². The van der Waals surface area contributed by atoms with Crippen LogP contribution in [0.25, 0.3) is 0 Å². The van der Waals surface area contributed by atoms with Crippen LogP contribution >= 0.6 is 34.8 Å². The Labute approximate surface area is 156 Å². The Morgan fingerprint density at radius 3 is 2.50 bits per heavy atom. The highest BCUT2D eigenvalue weighted by atomic mass is 35.5. The lowest BCUT2D eigenvalue weighted by Crippen LogP contribution is -2.04. The third-order valence-electron chi connectivity index (χ3n) is 3.09. The second-order valence-electron chi connectivity index (χ2n) is 4.81. The number of halogens is 3. The van der Waals surface area contributed by atoms with E-state index in [2.05, 4.69) is 11.2 Å². The average molecular weight is 385 g/mol. The number of anilines is 1. The highest BCUT2D eigenvalue weighted by Gasteiger charge is 2.12. The molecule has 0 aliphatic heterocycles. The molecule has 0 radical (unpaired) electrons. The van der Waals surface area contributed by atoms with Gasteiger partial charge in [0.25, 0.3) is 0 Å². The standard InChI is InChI=1S/C18H16Cl3NO2/c1-3-7-24-18-16(21)8-12(9-17(18)23-4-2)11-22-13-5-6-14(19)15(20)10-13/h1,5-6,8-10,22H,4,7,11H2,2H3. The smallest absolute Gasteiger partial charge is 0.181 e. The van der Waals surface area contributed by atoms with Crippen LogP contribution in [0.2, 0.25) is 15.1 Å². The fraction of sp³-hybridized carbons (Fsp3) is 0.222. The number of terminal acetylenes is 1. The van der Waals surface area contributed by atoms with Gasteiger partial charge in [-0.3, -0.25) is 0 Å². The van der Waals surface area contributed by atoms with Crippen molar-refractivity contribution >= 4 is 40.5 Å². The molecule has 0 aromatic heterocycles. The maximum atomic E-state index is 6.29. The minimum atomic E-state index is 0.126. The summed E-state index contributed by atoms with van der Waals surface area (Å²) in [5.41, 5.74) is 1.79. The van der Waals surface area contributed by atoms with Gasteiger partial charge < -0.3 is 14.8 Å². The zero-order chi connectivity index (χ0) is 17.5. The van der Waals surface area contributed by atoms with E-state index in [0.717, 1.165) is 11.3 Å². The van der Waals surface area contributed by atoms with Gasteiger partial charge in [0, 0.05) is 12.2 Å². The van der Waals surface area contributed by atoms with Crippen molar-refractivity contribution in [2.24, 2.45) is 0 Å². The molecule has 2 aromatic rings. The van der Waals surface area contributed by atoms with E-state index in [1.807, 2.05) is 19.1 Å². The number of nitrogens with one attached hydrogen (secondary N) is 1. The van der Waals surface area contributed by atoms with Crippen molar-refractivity contribution in [1.29, 1.82) is 0 Å². The highest BCUT2D eigenvalue weighted by Crippen LogP contribution is 2.37. The molecular weight excluding hydrogens is 369 g/mol. The van der Waals surface area contributed by atoms with Gasteiger partial charge in [0.1, 0.15) is 6.61 Å². The zero-order valence-corrected chi connectivity index (χ0v) is 15.3. The average Bonchev–Trinajstić information content (AvgIpc) is 2.55. The highest BCUT2D eigenvalue weighted by molar-refractivity contribution is 6.42. The summed E-state index contributed by atoms with van der Waals surface area (Å²) in [6, 6.07) is 9.02. The quantitative estimate of drug-likeness (QED) is 0.624. The zero-order valence-electron chi connectivity index (χ0n) is 13.0. The third kappa shape index (κ3) is 4.88. The largest absolute Gasteiger partial charge is 0.490 e. The minimum absolute atomic E-state index is 0.126. The van der Waals surface area contributed by atoms with E-state index in [1.54, 1.807) is 18.2 Å². The van der Waals surface area contributed by atoms with E-state index in [9.17, 15) is 0 Å². The maximum Gasteiger partial charge on any atom is 0.181 e. The Balaban J connectivity index is 2.17. The normalized spacial score (nSPS) is 10.1. The second kappa shape index (κ2) is 8.94. The van der Waals surface area contributed by atoms with Gasteiger partial charge in [-0.15, -0.1) is 6.42 Å². The van der Waals surface area contributed by atoms with E-state index < -0.39 is 0 Å². The van der Waals surface area contributed by atoms with Crippen molar-refractivity contribution in [3.05, 3.63) is 51.0 Å². The van der Waals surface area contributed by atoms with Crippen LogP contribution in [-0.2, 0) is 6.54 Å². The van der Waals surface area contributed by atoms with E-state index >= 15 is 0 Å². The number of hydrogen-bond acceptors (Lipinski definition) is 3. The van der Waals surface area contributed by atoms with Gasteiger partial charge >= 0.3 is 0 Å². The SMILES string of the molecule is C#CCOc1c(Cl)cc(CNc2ccc(Cl)c(Cl)c2)cc1OCC. The van der Waals surface area contributed by atoms with Crippen molar-refractivity contribution < 1.29 is 9.47 Å². The molecular formula is C18H16Cl3NO2. The molecule has 126 valence electrons. The summed E-state index contributed by atoms with van der Waals surface area (Å²) in [6.45, 7) is 3.04. The van der Waals surface area contributed by atoms with Gasteiger partial charge in [-0.05, 0) is 42.8 Å². The summed E-state index contributed by atoms with van der Waals surface area (Å²) < 4.78 is 11.1. The molecule has 0 bridgehead atoms. The van der Waals surface area contributed by atoms with Crippen LogP contribution in [0.5, 0.6) is 11.5 Å². The summed E-state index contributed by atoms with van der Waals surface area (Å²) in [7, 11) is 0. The Bertz CT molecular complexity index is 757. The minimum Gasteiger partial charge on any atom is -0.490 e. The molecule has 0 saturated heterocycles. The molecule has 2 aromatic carbocycles. The monoisotopic (exact) mass is 383 g/mol. The maximum absolute atomic E-state index is 6.29.